The minimum absolute atomic E-state index is 0.0345. The number of benzene rings is 1. The molecule has 0 spiro atoms. The van der Waals surface area contributed by atoms with Crippen LogP contribution in [0.2, 0.25) is 0 Å². The molecule has 1 aromatic rings. The zero-order chi connectivity index (χ0) is 13.7. The molecule has 0 aliphatic heterocycles. The molecule has 0 heterocycles. The van der Waals surface area contributed by atoms with E-state index >= 15 is 0 Å². The van der Waals surface area contributed by atoms with E-state index in [9.17, 15) is 4.79 Å². The second kappa shape index (κ2) is 6.96. The lowest BCUT2D eigenvalue weighted by Gasteiger charge is -2.37. The Balaban J connectivity index is 2.13. The van der Waals surface area contributed by atoms with Crippen molar-refractivity contribution in [2.24, 2.45) is 0 Å². The number of carbonyl (C=O) groups is 1. The van der Waals surface area contributed by atoms with Crippen LogP contribution < -0.4 is 0 Å². The minimum atomic E-state index is 0.0345. The van der Waals surface area contributed by atoms with Gasteiger partial charge in [-0.15, -0.1) is 0 Å². The Morgan fingerprint density at radius 2 is 2.26 bits per heavy atom. The van der Waals surface area contributed by atoms with E-state index in [1.165, 1.54) is 12.0 Å². The number of aliphatic hydroxyl groups excluding tert-OH is 1. The van der Waals surface area contributed by atoms with E-state index in [4.69, 9.17) is 5.11 Å². The molecule has 1 aromatic carbocycles. The number of rotatable bonds is 6. The number of hydrogen-bond acceptors (Lipinski definition) is 3. The summed E-state index contributed by atoms with van der Waals surface area (Å²) in [4.78, 5) is 14.4. The van der Waals surface area contributed by atoms with Gasteiger partial charge in [0, 0.05) is 23.9 Å². The average Bonchev–Trinajstić information content (AvgIpc) is 2.36. The molecule has 2 rings (SSSR count). The summed E-state index contributed by atoms with van der Waals surface area (Å²) in [6.07, 6.45) is 5.37. The van der Waals surface area contributed by atoms with Crippen molar-refractivity contribution < 1.29 is 9.90 Å². The molecule has 0 saturated heterocycles. The molecular formula is C15H21NO2S. The highest BCUT2D eigenvalue weighted by Gasteiger charge is 2.28. The van der Waals surface area contributed by atoms with Gasteiger partial charge < -0.3 is 10.0 Å². The third-order valence-corrected chi connectivity index (χ3v) is 4.22. The largest absolute Gasteiger partial charge is 0.395 e. The normalized spacial score (nSPS) is 15.1. The Bertz CT molecular complexity index is 432. The van der Waals surface area contributed by atoms with E-state index < -0.39 is 0 Å². The Morgan fingerprint density at radius 1 is 1.47 bits per heavy atom. The first-order valence-corrected chi connectivity index (χ1v) is 8.15. The monoisotopic (exact) mass is 279 g/mol. The second-order valence-corrected chi connectivity index (χ2v) is 5.81. The Morgan fingerprint density at radius 3 is 2.84 bits per heavy atom. The van der Waals surface area contributed by atoms with E-state index in [0.29, 0.717) is 12.6 Å². The third kappa shape index (κ3) is 3.51. The van der Waals surface area contributed by atoms with E-state index in [1.807, 2.05) is 29.2 Å². The van der Waals surface area contributed by atoms with Crippen LogP contribution in [0.3, 0.4) is 0 Å². The van der Waals surface area contributed by atoms with Gasteiger partial charge in [-0.2, -0.15) is 11.8 Å². The van der Waals surface area contributed by atoms with Crippen molar-refractivity contribution in [1.82, 2.24) is 4.90 Å². The Labute approximate surface area is 119 Å². The molecule has 1 aliphatic carbocycles. The van der Waals surface area contributed by atoms with Gasteiger partial charge in [0.05, 0.1) is 6.61 Å². The average molecular weight is 279 g/mol. The maximum Gasteiger partial charge on any atom is 0.254 e. The third-order valence-electron chi connectivity index (χ3n) is 3.60. The van der Waals surface area contributed by atoms with Crippen LogP contribution >= 0.6 is 11.8 Å². The quantitative estimate of drug-likeness (QED) is 0.870. The zero-order valence-corrected chi connectivity index (χ0v) is 12.2. The fourth-order valence-corrected chi connectivity index (χ4v) is 2.90. The lowest BCUT2D eigenvalue weighted by atomic mass is 9.91. The molecule has 4 heteroatoms. The summed E-state index contributed by atoms with van der Waals surface area (Å²) in [5, 5.41) is 9.14. The van der Waals surface area contributed by atoms with Gasteiger partial charge in [0.2, 0.25) is 0 Å². The molecule has 0 unspecified atom stereocenters. The first-order chi connectivity index (χ1) is 9.26. The first-order valence-electron chi connectivity index (χ1n) is 6.76. The highest BCUT2D eigenvalue weighted by Crippen LogP contribution is 2.26. The van der Waals surface area contributed by atoms with Crippen LogP contribution in [0.1, 0.15) is 35.2 Å². The van der Waals surface area contributed by atoms with Crippen molar-refractivity contribution in [3.63, 3.8) is 0 Å². The molecule has 104 valence electrons. The zero-order valence-electron chi connectivity index (χ0n) is 11.3. The van der Waals surface area contributed by atoms with Crippen LogP contribution in [0.15, 0.2) is 24.3 Å². The highest BCUT2D eigenvalue weighted by atomic mass is 32.2. The maximum absolute atomic E-state index is 12.5. The molecule has 3 nitrogen and oxygen atoms in total. The highest BCUT2D eigenvalue weighted by molar-refractivity contribution is 7.97. The first kappa shape index (κ1) is 14.4. The van der Waals surface area contributed by atoms with E-state index in [-0.39, 0.29) is 12.5 Å². The summed E-state index contributed by atoms with van der Waals surface area (Å²) in [5.41, 5.74) is 1.92. The second-order valence-electron chi connectivity index (χ2n) is 4.94. The van der Waals surface area contributed by atoms with Gasteiger partial charge in [-0.3, -0.25) is 4.79 Å². The number of amides is 1. The van der Waals surface area contributed by atoms with Crippen molar-refractivity contribution >= 4 is 17.7 Å². The molecule has 1 fully saturated rings. The molecule has 1 aliphatic rings. The van der Waals surface area contributed by atoms with Crippen LogP contribution in [0.5, 0.6) is 0 Å². The topological polar surface area (TPSA) is 40.5 Å². The molecule has 0 radical (unpaired) electrons. The molecule has 0 aromatic heterocycles. The van der Waals surface area contributed by atoms with E-state index in [0.717, 1.165) is 24.2 Å². The fraction of sp³-hybridized carbons (Fsp3) is 0.533. The number of thioether (sulfide) groups is 1. The van der Waals surface area contributed by atoms with Gasteiger partial charge in [0.1, 0.15) is 0 Å². The summed E-state index contributed by atoms with van der Waals surface area (Å²) in [6.45, 7) is 0.475. The predicted octanol–water partition coefficient (Wildman–Crippen LogP) is 2.54. The summed E-state index contributed by atoms with van der Waals surface area (Å²) >= 11 is 1.75. The van der Waals surface area contributed by atoms with Gasteiger partial charge in [-0.05, 0) is 43.2 Å². The van der Waals surface area contributed by atoms with Gasteiger partial charge in [-0.25, -0.2) is 0 Å². The molecule has 0 bridgehead atoms. The molecule has 1 N–H and O–H groups in total. The molecule has 19 heavy (non-hydrogen) atoms. The van der Waals surface area contributed by atoms with Gasteiger partial charge in [0.15, 0.2) is 0 Å². The molecule has 1 amide bonds. The van der Waals surface area contributed by atoms with Crippen molar-refractivity contribution in [2.75, 3.05) is 19.4 Å². The Hall–Kier alpha value is -1.00. The van der Waals surface area contributed by atoms with Crippen molar-refractivity contribution in [3.05, 3.63) is 35.4 Å². The number of hydrogen-bond donors (Lipinski definition) is 1. The maximum atomic E-state index is 12.5. The summed E-state index contributed by atoms with van der Waals surface area (Å²) in [6, 6.07) is 8.16. The lowest BCUT2D eigenvalue weighted by Crippen LogP contribution is -2.45. The van der Waals surface area contributed by atoms with Crippen LogP contribution in [-0.4, -0.2) is 41.4 Å². The van der Waals surface area contributed by atoms with Gasteiger partial charge in [0.25, 0.3) is 5.91 Å². The van der Waals surface area contributed by atoms with Crippen LogP contribution in [0.4, 0.5) is 0 Å². The lowest BCUT2D eigenvalue weighted by molar-refractivity contribution is 0.0525. The Kier molecular flexibility index (Phi) is 5.28. The molecule has 0 atom stereocenters. The predicted molar refractivity (Wildman–Crippen MR) is 79.4 cm³/mol. The summed E-state index contributed by atoms with van der Waals surface area (Å²) in [5.74, 6) is 0.978. The smallest absolute Gasteiger partial charge is 0.254 e. The standard InChI is InChI=1S/C15H21NO2S/c1-19-11-12-4-2-5-13(10-12)15(18)16(8-9-17)14-6-3-7-14/h2,4-5,10,14,17H,3,6-9,11H2,1H3. The number of carbonyl (C=O) groups excluding carboxylic acids is 1. The van der Waals surface area contributed by atoms with Crippen LogP contribution in [0.25, 0.3) is 0 Å². The van der Waals surface area contributed by atoms with E-state index in [1.54, 1.807) is 11.8 Å². The minimum Gasteiger partial charge on any atom is -0.395 e. The fourth-order valence-electron chi connectivity index (χ4n) is 2.38. The van der Waals surface area contributed by atoms with Crippen molar-refractivity contribution in [1.29, 1.82) is 0 Å². The van der Waals surface area contributed by atoms with Crippen LogP contribution in [-0.2, 0) is 5.75 Å². The summed E-state index contributed by atoms with van der Waals surface area (Å²) in [7, 11) is 0. The molecular weight excluding hydrogens is 258 g/mol. The van der Waals surface area contributed by atoms with Crippen LogP contribution in [0, 0.1) is 0 Å². The summed E-state index contributed by atoms with van der Waals surface area (Å²) < 4.78 is 0. The number of nitrogens with zero attached hydrogens (tertiary/aromatic N) is 1. The number of aliphatic hydroxyl groups is 1. The van der Waals surface area contributed by atoms with Gasteiger partial charge >= 0.3 is 0 Å². The van der Waals surface area contributed by atoms with Gasteiger partial charge in [-0.1, -0.05) is 12.1 Å². The molecule has 1 saturated carbocycles. The van der Waals surface area contributed by atoms with Crippen molar-refractivity contribution in [3.8, 4) is 0 Å². The van der Waals surface area contributed by atoms with Crippen molar-refractivity contribution in [2.45, 2.75) is 31.1 Å². The van der Waals surface area contributed by atoms with E-state index in [2.05, 4.69) is 6.26 Å². The SMILES string of the molecule is CSCc1cccc(C(=O)N(CCO)C2CCC2)c1.